The van der Waals surface area contributed by atoms with E-state index in [1.807, 2.05) is 6.92 Å². The molecule has 0 amide bonds. The number of anilines is 1. The van der Waals surface area contributed by atoms with Crippen molar-refractivity contribution in [1.82, 2.24) is 4.98 Å². The molecule has 82 valence electrons. The molecule has 2 rings (SSSR count). The third kappa shape index (κ3) is 1.89. The number of ketones is 1. The molecule has 0 spiro atoms. The highest BCUT2D eigenvalue weighted by Gasteiger charge is 2.29. The van der Waals surface area contributed by atoms with Crippen LogP contribution < -0.4 is 4.90 Å². The maximum atomic E-state index is 11.3. The standard InChI is InChI=1S/C10H14N2O2S/c1-6-9(7(2)13)15-10(11-6)12-4-8(5-12)14-3/h8H,4-5H2,1-3H3. The molecule has 0 unspecified atom stereocenters. The molecule has 0 saturated carbocycles. The Kier molecular flexibility index (Phi) is 2.75. The molecule has 1 aliphatic rings. The fourth-order valence-corrected chi connectivity index (χ4v) is 2.57. The number of ether oxygens (including phenoxy) is 1. The summed E-state index contributed by atoms with van der Waals surface area (Å²) in [7, 11) is 1.72. The molecule has 0 bridgehead atoms. The third-order valence-corrected chi connectivity index (χ3v) is 3.88. The average molecular weight is 226 g/mol. The van der Waals surface area contributed by atoms with Gasteiger partial charge in [-0.15, -0.1) is 0 Å². The molecular weight excluding hydrogens is 212 g/mol. The Morgan fingerprint density at radius 1 is 1.60 bits per heavy atom. The molecular formula is C10H14N2O2S. The van der Waals surface area contributed by atoms with Crippen LogP contribution in [0.15, 0.2) is 0 Å². The van der Waals surface area contributed by atoms with Crippen LogP contribution >= 0.6 is 11.3 Å². The lowest BCUT2D eigenvalue weighted by atomic mass is 10.2. The zero-order valence-electron chi connectivity index (χ0n) is 9.11. The van der Waals surface area contributed by atoms with Crippen LogP contribution in [-0.2, 0) is 4.74 Å². The Morgan fingerprint density at radius 2 is 2.27 bits per heavy atom. The van der Waals surface area contributed by atoms with Crippen LogP contribution in [0.25, 0.3) is 0 Å². The van der Waals surface area contributed by atoms with Gasteiger partial charge in [0, 0.05) is 27.1 Å². The lowest BCUT2D eigenvalue weighted by Crippen LogP contribution is -2.51. The summed E-state index contributed by atoms with van der Waals surface area (Å²) in [5.41, 5.74) is 0.836. The van der Waals surface area contributed by atoms with Gasteiger partial charge in [-0.1, -0.05) is 11.3 Å². The summed E-state index contributed by atoms with van der Waals surface area (Å²) < 4.78 is 5.19. The van der Waals surface area contributed by atoms with Crippen molar-refractivity contribution >= 4 is 22.3 Å². The number of rotatable bonds is 3. The van der Waals surface area contributed by atoms with E-state index in [0.717, 1.165) is 28.8 Å². The highest BCUT2D eigenvalue weighted by molar-refractivity contribution is 7.17. The highest BCUT2D eigenvalue weighted by Crippen LogP contribution is 2.29. The van der Waals surface area contributed by atoms with Gasteiger partial charge in [0.05, 0.1) is 16.7 Å². The number of thiazole rings is 1. The first-order valence-corrected chi connectivity index (χ1v) is 5.69. The largest absolute Gasteiger partial charge is 0.378 e. The van der Waals surface area contributed by atoms with Crippen molar-refractivity contribution in [2.75, 3.05) is 25.1 Å². The van der Waals surface area contributed by atoms with Crippen molar-refractivity contribution in [2.45, 2.75) is 20.0 Å². The smallest absolute Gasteiger partial charge is 0.186 e. The summed E-state index contributed by atoms with van der Waals surface area (Å²) in [5, 5.41) is 0.936. The summed E-state index contributed by atoms with van der Waals surface area (Å²) in [6, 6.07) is 0. The number of hydrogen-bond donors (Lipinski definition) is 0. The molecule has 1 saturated heterocycles. The summed E-state index contributed by atoms with van der Waals surface area (Å²) in [5.74, 6) is 0.0973. The molecule has 0 aliphatic carbocycles. The number of Topliss-reactive ketones (excluding diaryl/α,β-unsaturated/α-hetero) is 1. The maximum absolute atomic E-state index is 11.3. The first kappa shape index (κ1) is 10.6. The Bertz CT molecular complexity index is 383. The summed E-state index contributed by atoms with van der Waals surface area (Å²) in [4.78, 5) is 18.6. The second-order valence-corrected chi connectivity index (χ2v) is 4.71. The van der Waals surface area contributed by atoms with E-state index in [2.05, 4.69) is 9.88 Å². The summed E-state index contributed by atoms with van der Waals surface area (Å²) in [6.07, 6.45) is 0.315. The molecule has 0 radical (unpaired) electrons. The minimum atomic E-state index is 0.0973. The van der Waals surface area contributed by atoms with Crippen LogP contribution in [0.3, 0.4) is 0 Å². The predicted molar refractivity (Wildman–Crippen MR) is 59.9 cm³/mol. The summed E-state index contributed by atoms with van der Waals surface area (Å²) in [6.45, 7) is 5.21. The number of nitrogens with zero attached hydrogens (tertiary/aromatic N) is 2. The van der Waals surface area contributed by atoms with E-state index in [4.69, 9.17) is 4.74 Å². The van der Waals surface area contributed by atoms with E-state index >= 15 is 0 Å². The molecule has 0 aromatic carbocycles. The van der Waals surface area contributed by atoms with Gasteiger partial charge in [0.25, 0.3) is 0 Å². The fraction of sp³-hybridized carbons (Fsp3) is 0.600. The molecule has 1 aliphatic heterocycles. The van der Waals surface area contributed by atoms with Crippen molar-refractivity contribution in [1.29, 1.82) is 0 Å². The van der Waals surface area contributed by atoms with Gasteiger partial charge < -0.3 is 9.64 Å². The minimum absolute atomic E-state index is 0.0973. The van der Waals surface area contributed by atoms with Gasteiger partial charge in [0.15, 0.2) is 10.9 Å². The predicted octanol–water partition coefficient (Wildman–Crippen LogP) is 1.49. The Balaban J connectivity index is 2.11. The van der Waals surface area contributed by atoms with Gasteiger partial charge in [-0.2, -0.15) is 0 Å². The third-order valence-electron chi connectivity index (χ3n) is 2.56. The van der Waals surface area contributed by atoms with E-state index in [1.54, 1.807) is 14.0 Å². The topological polar surface area (TPSA) is 42.4 Å². The van der Waals surface area contributed by atoms with Crippen LogP contribution in [0, 0.1) is 6.92 Å². The molecule has 1 aromatic rings. The molecule has 1 aromatic heterocycles. The van der Waals surface area contributed by atoms with Gasteiger partial charge in [-0.05, 0) is 6.92 Å². The summed E-state index contributed by atoms with van der Waals surface area (Å²) >= 11 is 1.47. The van der Waals surface area contributed by atoms with Gasteiger partial charge in [-0.25, -0.2) is 4.98 Å². The second-order valence-electron chi connectivity index (χ2n) is 3.73. The van der Waals surface area contributed by atoms with Crippen LogP contribution in [0.2, 0.25) is 0 Å². The average Bonchev–Trinajstić information content (AvgIpc) is 2.45. The SMILES string of the molecule is COC1CN(c2nc(C)c(C(C)=O)s2)C1. The van der Waals surface area contributed by atoms with Gasteiger partial charge in [0.1, 0.15) is 0 Å². The van der Waals surface area contributed by atoms with Crippen LogP contribution in [-0.4, -0.2) is 37.1 Å². The number of aromatic nitrogens is 1. The van der Waals surface area contributed by atoms with Crippen molar-refractivity contribution in [3.8, 4) is 0 Å². The molecule has 1 fully saturated rings. The van der Waals surface area contributed by atoms with E-state index < -0.39 is 0 Å². The number of carbonyl (C=O) groups excluding carboxylic acids is 1. The number of hydrogen-bond acceptors (Lipinski definition) is 5. The van der Waals surface area contributed by atoms with Gasteiger partial charge in [-0.3, -0.25) is 4.79 Å². The zero-order valence-corrected chi connectivity index (χ0v) is 9.93. The minimum Gasteiger partial charge on any atom is -0.378 e. The van der Waals surface area contributed by atoms with Crippen molar-refractivity contribution in [3.63, 3.8) is 0 Å². The lowest BCUT2D eigenvalue weighted by Gasteiger charge is -2.37. The maximum Gasteiger partial charge on any atom is 0.186 e. The van der Waals surface area contributed by atoms with Crippen molar-refractivity contribution in [3.05, 3.63) is 10.6 Å². The molecule has 4 nitrogen and oxygen atoms in total. The molecule has 15 heavy (non-hydrogen) atoms. The van der Waals surface area contributed by atoms with Crippen LogP contribution in [0.4, 0.5) is 5.13 Å². The number of carbonyl (C=O) groups is 1. The molecule has 5 heteroatoms. The number of methoxy groups -OCH3 is 1. The van der Waals surface area contributed by atoms with Crippen molar-refractivity contribution < 1.29 is 9.53 Å². The molecule has 2 heterocycles. The monoisotopic (exact) mass is 226 g/mol. The molecule has 0 atom stereocenters. The van der Waals surface area contributed by atoms with Gasteiger partial charge >= 0.3 is 0 Å². The van der Waals surface area contributed by atoms with E-state index in [9.17, 15) is 4.79 Å². The normalized spacial score (nSPS) is 16.6. The quantitative estimate of drug-likeness (QED) is 0.732. The number of aryl methyl sites for hydroxylation is 1. The van der Waals surface area contributed by atoms with E-state index in [-0.39, 0.29) is 5.78 Å². The first-order chi connectivity index (χ1) is 7.11. The Hall–Kier alpha value is -0.940. The zero-order chi connectivity index (χ0) is 11.0. The van der Waals surface area contributed by atoms with E-state index in [1.165, 1.54) is 11.3 Å². The van der Waals surface area contributed by atoms with Crippen molar-refractivity contribution in [2.24, 2.45) is 0 Å². The Labute approximate surface area is 92.9 Å². The van der Waals surface area contributed by atoms with Gasteiger partial charge in [0.2, 0.25) is 0 Å². The first-order valence-electron chi connectivity index (χ1n) is 4.88. The second kappa shape index (κ2) is 3.90. The fourth-order valence-electron chi connectivity index (χ4n) is 1.59. The van der Waals surface area contributed by atoms with Crippen LogP contribution in [0.1, 0.15) is 22.3 Å². The lowest BCUT2D eigenvalue weighted by molar-refractivity contribution is 0.0787. The molecule has 0 N–H and O–H groups in total. The van der Waals surface area contributed by atoms with Crippen LogP contribution in [0.5, 0.6) is 0 Å². The Morgan fingerprint density at radius 3 is 2.73 bits per heavy atom. The highest BCUT2D eigenvalue weighted by atomic mass is 32.1. The van der Waals surface area contributed by atoms with E-state index in [0.29, 0.717) is 6.10 Å².